The Balaban J connectivity index is 1.43. The number of sulfone groups is 1. The number of alkyl carbamates (subject to hydrolysis) is 1. The van der Waals surface area contributed by atoms with Gasteiger partial charge in [0, 0.05) is 40.4 Å². The molecule has 5 rings (SSSR count). The molecule has 1 atom stereocenters. The van der Waals surface area contributed by atoms with Gasteiger partial charge in [0.1, 0.15) is 5.01 Å². The predicted octanol–water partition coefficient (Wildman–Crippen LogP) is 4.51. The quantitative estimate of drug-likeness (QED) is 0.422. The molecule has 11 heteroatoms. The van der Waals surface area contributed by atoms with Crippen LogP contribution < -0.4 is 10.6 Å². The summed E-state index contributed by atoms with van der Waals surface area (Å²) in [5, 5.41) is 13.5. The summed E-state index contributed by atoms with van der Waals surface area (Å²) in [6, 6.07) is 7.22. The van der Waals surface area contributed by atoms with Crippen LogP contribution in [0.4, 0.5) is 16.3 Å². The number of nitrogens with one attached hydrogen (secondary N) is 3. The first-order valence-corrected chi connectivity index (χ1v) is 14.2. The Labute approximate surface area is 208 Å². The first-order valence-electron chi connectivity index (χ1n) is 11.8. The highest BCUT2D eigenvalue weighted by Crippen LogP contribution is 2.42. The number of thiazole rings is 1. The molecule has 186 valence electrons. The molecule has 35 heavy (non-hydrogen) atoms. The second kappa shape index (κ2) is 9.27. The predicted molar refractivity (Wildman–Crippen MR) is 135 cm³/mol. The van der Waals surface area contributed by atoms with E-state index in [4.69, 9.17) is 9.72 Å². The second-order valence-corrected chi connectivity index (χ2v) is 12.7. The highest BCUT2D eigenvalue weighted by atomic mass is 32.2. The zero-order valence-corrected chi connectivity index (χ0v) is 21.6. The van der Waals surface area contributed by atoms with Crippen molar-refractivity contribution in [3.05, 3.63) is 40.5 Å². The van der Waals surface area contributed by atoms with E-state index in [1.165, 1.54) is 11.3 Å². The minimum Gasteiger partial charge on any atom is -0.447 e. The van der Waals surface area contributed by atoms with E-state index in [9.17, 15) is 13.2 Å². The SMILES string of the molecule is Cc1cc(Nc2ccc(-c3nc4c(s3)CC(NC(=O)OC(C)C)CC4)c(S(=O)(=O)C3CC3)c2)n[nH]1. The Hall–Kier alpha value is -2.92. The Morgan fingerprint density at radius 2 is 2.03 bits per heavy atom. The zero-order chi connectivity index (χ0) is 24.7. The number of carbonyl (C=O) groups excluding carboxylic acids is 1. The lowest BCUT2D eigenvalue weighted by atomic mass is 9.98. The Morgan fingerprint density at radius 1 is 1.23 bits per heavy atom. The van der Waals surface area contributed by atoms with Crippen LogP contribution in [-0.4, -0.2) is 47.1 Å². The van der Waals surface area contributed by atoms with Crippen LogP contribution in [0.2, 0.25) is 0 Å². The smallest absolute Gasteiger partial charge is 0.407 e. The Kier molecular flexibility index (Phi) is 6.30. The van der Waals surface area contributed by atoms with Crippen LogP contribution in [0.1, 0.15) is 49.4 Å². The molecule has 2 aliphatic rings. The van der Waals surface area contributed by atoms with Crippen LogP contribution in [0, 0.1) is 6.92 Å². The lowest BCUT2D eigenvalue weighted by molar-refractivity contribution is 0.111. The van der Waals surface area contributed by atoms with E-state index in [2.05, 4.69) is 20.8 Å². The highest BCUT2D eigenvalue weighted by molar-refractivity contribution is 7.92. The van der Waals surface area contributed by atoms with Gasteiger partial charge in [0.05, 0.1) is 21.9 Å². The van der Waals surface area contributed by atoms with Gasteiger partial charge in [-0.15, -0.1) is 11.3 Å². The third-order valence-electron chi connectivity index (χ3n) is 6.06. The van der Waals surface area contributed by atoms with Crippen molar-refractivity contribution in [3.63, 3.8) is 0 Å². The molecule has 0 bridgehead atoms. The van der Waals surface area contributed by atoms with Crippen LogP contribution in [0.3, 0.4) is 0 Å². The minimum atomic E-state index is -3.47. The molecule has 1 aromatic carbocycles. The number of carbonyl (C=O) groups is 1. The molecule has 0 saturated heterocycles. The van der Waals surface area contributed by atoms with E-state index in [0.717, 1.165) is 29.1 Å². The van der Waals surface area contributed by atoms with E-state index < -0.39 is 15.9 Å². The topological polar surface area (TPSA) is 126 Å². The van der Waals surface area contributed by atoms with Crippen molar-refractivity contribution < 1.29 is 17.9 Å². The van der Waals surface area contributed by atoms with E-state index >= 15 is 0 Å². The molecule has 2 aliphatic carbocycles. The molecule has 3 aromatic rings. The van der Waals surface area contributed by atoms with Crippen molar-refractivity contribution in [3.8, 4) is 10.6 Å². The summed E-state index contributed by atoms with van der Waals surface area (Å²) in [7, 11) is -3.47. The van der Waals surface area contributed by atoms with Gasteiger partial charge in [-0.05, 0) is 64.7 Å². The molecule has 0 spiro atoms. The largest absolute Gasteiger partial charge is 0.447 e. The van der Waals surface area contributed by atoms with Gasteiger partial charge >= 0.3 is 6.09 Å². The maximum absolute atomic E-state index is 13.4. The van der Waals surface area contributed by atoms with Crippen LogP contribution in [0.15, 0.2) is 29.2 Å². The maximum atomic E-state index is 13.4. The van der Waals surface area contributed by atoms with Gasteiger partial charge in [0.2, 0.25) is 0 Å². The summed E-state index contributed by atoms with van der Waals surface area (Å²) < 4.78 is 31.9. The summed E-state index contributed by atoms with van der Waals surface area (Å²) in [5.74, 6) is 0.629. The molecular formula is C24H29N5O4S2. The van der Waals surface area contributed by atoms with Crippen LogP contribution in [0.5, 0.6) is 0 Å². The van der Waals surface area contributed by atoms with Crippen LogP contribution in [-0.2, 0) is 27.4 Å². The molecule has 1 saturated carbocycles. The summed E-state index contributed by atoms with van der Waals surface area (Å²) in [6.45, 7) is 5.54. The van der Waals surface area contributed by atoms with Crippen LogP contribution in [0.25, 0.3) is 10.6 Å². The number of benzene rings is 1. The van der Waals surface area contributed by atoms with E-state index in [1.54, 1.807) is 6.07 Å². The summed E-state index contributed by atoms with van der Waals surface area (Å²) >= 11 is 1.50. The van der Waals surface area contributed by atoms with Crippen molar-refractivity contribution in [1.29, 1.82) is 0 Å². The molecule has 0 radical (unpaired) electrons. The fourth-order valence-electron chi connectivity index (χ4n) is 4.23. The molecule has 9 nitrogen and oxygen atoms in total. The average molecular weight is 516 g/mol. The first kappa shape index (κ1) is 23.8. The molecule has 1 unspecified atom stereocenters. The lowest BCUT2D eigenvalue weighted by Crippen LogP contribution is -2.39. The number of aromatic nitrogens is 3. The van der Waals surface area contributed by atoms with Gasteiger partial charge in [0.25, 0.3) is 0 Å². The number of ether oxygens (including phenoxy) is 1. The van der Waals surface area contributed by atoms with Crippen LogP contribution >= 0.6 is 11.3 Å². The fraction of sp³-hybridized carbons (Fsp3) is 0.458. The third-order valence-corrected chi connectivity index (χ3v) is 9.52. The molecule has 2 aromatic heterocycles. The molecule has 2 heterocycles. The van der Waals surface area contributed by atoms with Gasteiger partial charge in [0.15, 0.2) is 15.7 Å². The number of anilines is 2. The Bertz CT molecular complexity index is 1360. The molecule has 3 N–H and O–H groups in total. The fourth-order valence-corrected chi connectivity index (χ4v) is 7.40. The van der Waals surface area contributed by atoms with Crippen molar-refractivity contribution in [2.75, 3.05) is 5.32 Å². The molecule has 1 amide bonds. The minimum absolute atomic E-state index is 0.0272. The Morgan fingerprint density at radius 3 is 2.71 bits per heavy atom. The molecule has 0 aliphatic heterocycles. The van der Waals surface area contributed by atoms with Crippen molar-refractivity contribution >= 4 is 38.8 Å². The summed E-state index contributed by atoms with van der Waals surface area (Å²) in [4.78, 5) is 18.2. The number of rotatable bonds is 7. The van der Waals surface area contributed by atoms with Gasteiger partial charge in [-0.25, -0.2) is 18.2 Å². The van der Waals surface area contributed by atoms with E-state index in [1.807, 2.05) is 39.0 Å². The number of nitrogens with zero attached hydrogens (tertiary/aromatic N) is 2. The van der Waals surface area contributed by atoms with Crippen molar-refractivity contribution in [2.24, 2.45) is 0 Å². The molecule has 1 fully saturated rings. The van der Waals surface area contributed by atoms with Gasteiger partial charge in [-0.2, -0.15) is 5.10 Å². The maximum Gasteiger partial charge on any atom is 0.407 e. The number of hydrogen-bond acceptors (Lipinski definition) is 8. The second-order valence-electron chi connectivity index (χ2n) is 9.44. The standard InChI is InChI=1S/C24H29N5O4S2/c1-13(2)33-24(30)26-15-5-9-19-20(11-15)34-23(27-19)18-8-4-16(25-22-10-14(3)28-29-22)12-21(18)35(31,32)17-6-7-17/h4,8,10,12-13,15,17H,5-7,9,11H2,1-3H3,(H,26,30)(H2,25,28,29). The number of aromatic amines is 1. The average Bonchev–Trinajstić information content (AvgIpc) is 3.46. The van der Waals surface area contributed by atoms with E-state index in [0.29, 0.717) is 46.2 Å². The number of hydrogen-bond donors (Lipinski definition) is 3. The van der Waals surface area contributed by atoms with Crippen molar-refractivity contribution in [2.45, 2.75) is 75.2 Å². The first-order chi connectivity index (χ1) is 16.7. The highest BCUT2D eigenvalue weighted by Gasteiger charge is 2.39. The van der Waals surface area contributed by atoms with Gasteiger partial charge < -0.3 is 15.4 Å². The lowest BCUT2D eigenvalue weighted by Gasteiger charge is -2.22. The molecular weight excluding hydrogens is 486 g/mol. The summed E-state index contributed by atoms with van der Waals surface area (Å²) in [6.07, 6.45) is 2.93. The van der Waals surface area contributed by atoms with Gasteiger partial charge in [-0.1, -0.05) is 0 Å². The monoisotopic (exact) mass is 515 g/mol. The number of H-pyrrole nitrogens is 1. The summed E-state index contributed by atoms with van der Waals surface area (Å²) in [5.41, 5.74) is 3.18. The normalized spacial score (nSPS) is 17.8. The van der Waals surface area contributed by atoms with E-state index in [-0.39, 0.29) is 17.4 Å². The van der Waals surface area contributed by atoms with Crippen molar-refractivity contribution in [1.82, 2.24) is 20.5 Å². The number of amides is 1. The van der Waals surface area contributed by atoms with Gasteiger partial charge in [-0.3, -0.25) is 5.10 Å². The third kappa shape index (κ3) is 5.20. The number of fused-ring (bicyclic) bond motifs is 1. The zero-order valence-electron chi connectivity index (χ0n) is 19.9. The number of aryl methyl sites for hydroxylation is 2.